The number of carbonyl (C=O) groups is 1. The van der Waals surface area contributed by atoms with Gasteiger partial charge in [-0.15, -0.1) is 10.2 Å². The van der Waals surface area contributed by atoms with Crippen LogP contribution in [0.4, 0.5) is 0 Å². The summed E-state index contributed by atoms with van der Waals surface area (Å²) in [5.74, 6) is 3.16. The number of likely N-dealkylation sites (tertiary alicyclic amines) is 1. The molecule has 1 aliphatic heterocycles. The first-order valence-electron chi connectivity index (χ1n) is 10.6. The van der Waals surface area contributed by atoms with Crippen LogP contribution in [0.2, 0.25) is 0 Å². The smallest absolute Gasteiger partial charge is 0.233 e. The molecule has 1 aliphatic carbocycles. The SMILES string of the molecule is CCn1c(SCC(=O)N2CC[C@@H]3CCCC[C@@H]3C2)nnc1-c1ccccc1C. The summed E-state index contributed by atoms with van der Waals surface area (Å²) in [6, 6.07) is 8.24. The second kappa shape index (κ2) is 8.68. The quantitative estimate of drug-likeness (QED) is 0.700. The van der Waals surface area contributed by atoms with E-state index in [1.807, 2.05) is 12.1 Å². The van der Waals surface area contributed by atoms with Crippen LogP contribution in [0.15, 0.2) is 29.4 Å². The molecule has 1 aromatic carbocycles. The van der Waals surface area contributed by atoms with Gasteiger partial charge >= 0.3 is 0 Å². The third kappa shape index (κ3) is 3.97. The lowest BCUT2D eigenvalue weighted by Crippen LogP contribution is -2.45. The standard InChI is InChI=1S/C22H30N4OS/c1-3-26-21(19-11-7-4-8-16(19)2)23-24-22(26)28-15-20(27)25-13-12-17-9-5-6-10-18(17)14-25/h4,7-8,11,17-18H,3,5-6,9-10,12-15H2,1-2H3/t17-,18+/m0/s1. The van der Waals surface area contributed by atoms with Crippen molar-refractivity contribution in [2.45, 2.75) is 57.7 Å². The lowest BCUT2D eigenvalue weighted by molar-refractivity contribution is -0.131. The zero-order valence-corrected chi connectivity index (χ0v) is 17.7. The monoisotopic (exact) mass is 398 g/mol. The lowest BCUT2D eigenvalue weighted by Gasteiger charge is -2.41. The molecule has 6 heteroatoms. The number of benzene rings is 1. The summed E-state index contributed by atoms with van der Waals surface area (Å²) >= 11 is 1.52. The van der Waals surface area contributed by atoms with Crippen LogP contribution < -0.4 is 0 Å². The summed E-state index contributed by atoms with van der Waals surface area (Å²) in [4.78, 5) is 14.9. The third-order valence-electron chi connectivity index (χ3n) is 6.39. The maximum Gasteiger partial charge on any atom is 0.233 e. The minimum Gasteiger partial charge on any atom is -0.342 e. The highest BCUT2D eigenvalue weighted by Crippen LogP contribution is 2.36. The van der Waals surface area contributed by atoms with Gasteiger partial charge in [0.25, 0.3) is 0 Å². The van der Waals surface area contributed by atoms with Gasteiger partial charge in [-0.05, 0) is 44.1 Å². The summed E-state index contributed by atoms with van der Waals surface area (Å²) < 4.78 is 2.12. The van der Waals surface area contributed by atoms with E-state index in [0.717, 1.165) is 48.0 Å². The predicted octanol–water partition coefficient (Wildman–Crippen LogP) is 4.40. The van der Waals surface area contributed by atoms with Gasteiger partial charge in [0.05, 0.1) is 5.75 Å². The summed E-state index contributed by atoms with van der Waals surface area (Å²) in [6.07, 6.45) is 6.55. The van der Waals surface area contributed by atoms with Gasteiger partial charge in [0, 0.05) is 25.2 Å². The van der Waals surface area contributed by atoms with Crippen molar-refractivity contribution < 1.29 is 4.79 Å². The fraction of sp³-hybridized carbons (Fsp3) is 0.591. The number of thioether (sulfide) groups is 1. The number of hydrogen-bond donors (Lipinski definition) is 0. The zero-order valence-electron chi connectivity index (χ0n) is 16.9. The number of aromatic nitrogens is 3. The molecule has 150 valence electrons. The maximum absolute atomic E-state index is 12.8. The Morgan fingerprint density at radius 1 is 1.14 bits per heavy atom. The van der Waals surface area contributed by atoms with Crippen LogP contribution in [-0.4, -0.2) is 44.4 Å². The number of aryl methyl sites for hydroxylation is 1. The topological polar surface area (TPSA) is 51.0 Å². The van der Waals surface area contributed by atoms with E-state index in [9.17, 15) is 4.79 Å². The van der Waals surface area contributed by atoms with Gasteiger partial charge in [-0.2, -0.15) is 0 Å². The fourth-order valence-electron chi connectivity index (χ4n) is 4.75. The van der Waals surface area contributed by atoms with Crippen LogP contribution in [0.1, 0.15) is 44.6 Å². The highest BCUT2D eigenvalue weighted by atomic mass is 32.2. The molecule has 0 N–H and O–H groups in total. The molecule has 2 atom stereocenters. The van der Waals surface area contributed by atoms with Gasteiger partial charge < -0.3 is 9.47 Å². The number of rotatable bonds is 5. The molecule has 2 fully saturated rings. The molecule has 28 heavy (non-hydrogen) atoms. The Hall–Kier alpha value is -1.82. The Morgan fingerprint density at radius 2 is 1.93 bits per heavy atom. The molecule has 2 heterocycles. The van der Waals surface area contributed by atoms with Crippen LogP contribution >= 0.6 is 11.8 Å². The molecule has 1 saturated heterocycles. The van der Waals surface area contributed by atoms with Gasteiger partial charge in [-0.1, -0.05) is 55.3 Å². The highest BCUT2D eigenvalue weighted by molar-refractivity contribution is 7.99. The number of carbonyl (C=O) groups excluding carboxylic acids is 1. The first-order valence-corrected chi connectivity index (χ1v) is 11.6. The number of amides is 1. The average molecular weight is 399 g/mol. The van der Waals surface area contributed by atoms with Crippen molar-refractivity contribution in [1.29, 1.82) is 0 Å². The van der Waals surface area contributed by atoms with Crippen molar-refractivity contribution in [3.8, 4) is 11.4 Å². The van der Waals surface area contributed by atoms with E-state index in [1.165, 1.54) is 49.4 Å². The van der Waals surface area contributed by atoms with E-state index in [-0.39, 0.29) is 5.91 Å². The van der Waals surface area contributed by atoms with Crippen molar-refractivity contribution in [1.82, 2.24) is 19.7 Å². The normalized spacial score (nSPS) is 22.1. The second-order valence-electron chi connectivity index (χ2n) is 8.09. The van der Waals surface area contributed by atoms with Crippen molar-refractivity contribution in [3.05, 3.63) is 29.8 Å². The largest absolute Gasteiger partial charge is 0.342 e. The molecule has 0 radical (unpaired) electrons. The molecule has 2 aromatic rings. The maximum atomic E-state index is 12.8. The molecule has 5 nitrogen and oxygen atoms in total. The Labute approximate surface area is 171 Å². The first kappa shape index (κ1) is 19.5. The third-order valence-corrected chi connectivity index (χ3v) is 7.34. The predicted molar refractivity (Wildman–Crippen MR) is 113 cm³/mol. The molecular weight excluding hydrogens is 368 g/mol. The summed E-state index contributed by atoms with van der Waals surface area (Å²) in [5.41, 5.74) is 2.29. The van der Waals surface area contributed by atoms with Crippen molar-refractivity contribution in [3.63, 3.8) is 0 Å². The Kier molecular flexibility index (Phi) is 6.04. The zero-order chi connectivity index (χ0) is 19.5. The molecular formula is C22H30N4OS. The van der Waals surface area contributed by atoms with E-state index in [2.05, 4.69) is 45.6 Å². The van der Waals surface area contributed by atoms with Crippen LogP contribution in [0, 0.1) is 18.8 Å². The van der Waals surface area contributed by atoms with E-state index in [1.54, 1.807) is 0 Å². The number of fused-ring (bicyclic) bond motifs is 1. The average Bonchev–Trinajstić information content (AvgIpc) is 3.14. The first-order chi connectivity index (χ1) is 13.7. The molecule has 1 aromatic heterocycles. The Morgan fingerprint density at radius 3 is 2.71 bits per heavy atom. The van der Waals surface area contributed by atoms with Crippen LogP contribution in [0.25, 0.3) is 11.4 Å². The molecule has 0 unspecified atom stereocenters. The second-order valence-corrected chi connectivity index (χ2v) is 9.03. The highest BCUT2D eigenvalue weighted by Gasteiger charge is 2.32. The number of piperidine rings is 1. The molecule has 0 spiro atoms. The minimum atomic E-state index is 0.247. The van der Waals surface area contributed by atoms with Gasteiger partial charge in [0.2, 0.25) is 5.91 Å². The molecule has 1 saturated carbocycles. The van der Waals surface area contributed by atoms with Crippen LogP contribution in [0.5, 0.6) is 0 Å². The Balaban J connectivity index is 1.41. The molecule has 1 amide bonds. The van der Waals surface area contributed by atoms with E-state index in [0.29, 0.717) is 5.75 Å². The van der Waals surface area contributed by atoms with Gasteiger partial charge in [-0.3, -0.25) is 4.79 Å². The molecule has 4 rings (SSSR count). The van der Waals surface area contributed by atoms with Crippen molar-refractivity contribution in [2.24, 2.45) is 11.8 Å². The Bertz CT molecular complexity index is 834. The summed E-state index contributed by atoms with van der Waals surface area (Å²) in [6.45, 7) is 6.87. The van der Waals surface area contributed by atoms with E-state index >= 15 is 0 Å². The van der Waals surface area contributed by atoms with Crippen LogP contribution in [0.3, 0.4) is 0 Å². The van der Waals surface area contributed by atoms with Crippen LogP contribution in [-0.2, 0) is 11.3 Å². The van der Waals surface area contributed by atoms with Gasteiger partial charge in [0.1, 0.15) is 0 Å². The molecule has 2 aliphatic rings. The number of nitrogens with zero attached hydrogens (tertiary/aromatic N) is 4. The van der Waals surface area contributed by atoms with E-state index in [4.69, 9.17) is 0 Å². The van der Waals surface area contributed by atoms with Crippen molar-refractivity contribution >= 4 is 17.7 Å². The summed E-state index contributed by atoms with van der Waals surface area (Å²) in [7, 11) is 0. The van der Waals surface area contributed by atoms with Gasteiger partial charge in [0.15, 0.2) is 11.0 Å². The summed E-state index contributed by atoms with van der Waals surface area (Å²) in [5, 5.41) is 9.66. The molecule has 0 bridgehead atoms. The van der Waals surface area contributed by atoms with E-state index < -0.39 is 0 Å². The number of hydrogen-bond acceptors (Lipinski definition) is 4. The minimum absolute atomic E-state index is 0.247. The lowest BCUT2D eigenvalue weighted by atomic mass is 9.75. The fourth-order valence-corrected chi connectivity index (χ4v) is 5.65. The van der Waals surface area contributed by atoms with Gasteiger partial charge in [-0.25, -0.2) is 0 Å². The van der Waals surface area contributed by atoms with Crippen molar-refractivity contribution in [2.75, 3.05) is 18.8 Å².